The minimum atomic E-state index is -0.870. The molecule has 0 saturated heterocycles. The second-order valence-electron chi connectivity index (χ2n) is 6.29. The third-order valence-electron chi connectivity index (χ3n) is 4.40. The van der Waals surface area contributed by atoms with Gasteiger partial charge in [-0.2, -0.15) is 0 Å². The van der Waals surface area contributed by atoms with Crippen LogP contribution in [0.2, 0.25) is 0 Å². The van der Waals surface area contributed by atoms with Crippen molar-refractivity contribution in [3.8, 4) is 23.0 Å². The fourth-order valence-corrected chi connectivity index (χ4v) is 2.78. The van der Waals surface area contributed by atoms with E-state index >= 15 is 0 Å². The predicted molar refractivity (Wildman–Crippen MR) is 113 cm³/mol. The zero-order valence-electron chi connectivity index (χ0n) is 18.1. The Kier molecular flexibility index (Phi) is 8.63. The number of methoxy groups -OCH3 is 4. The quantitative estimate of drug-likeness (QED) is 0.238. The van der Waals surface area contributed by atoms with Crippen molar-refractivity contribution in [2.24, 2.45) is 0 Å². The number of hydrogen-bond donors (Lipinski definition) is 1. The van der Waals surface area contributed by atoms with Crippen molar-refractivity contribution < 1.29 is 38.2 Å². The molecular formula is C21H24N2O9. The molecule has 0 aliphatic rings. The molecule has 1 amide bonds. The first-order chi connectivity index (χ1) is 15.4. The number of carbonyl (C=O) groups excluding carboxylic acids is 2. The van der Waals surface area contributed by atoms with Gasteiger partial charge in [-0.25, -0.2) is 4.79 Å². The van der Waals surface area contributed by atoms with Crippen LogP contribution in [0.15, 0.2) is 30.3 Å². The largest absolute Gasteiger partial charge is 0.497 e. The molecule has 0 heterocycles. The molecule has 0 bridgehead atoms. The average molecular weight is 448 g/mol. The lowest BCUT2D eigenvalue weighted by Gasteiger charge is -2.13. The van der Waals surface area contributed by atoms with E-state index in [9.17, 15) is 19.7 Å². The summed E-state index contributed by atoms with van der Waals surface area (Å²) in [6, 6.07) is 7.15. The van der Waals surface area contributed by atoms with E-state index in [1.807, 2.05) is 0 Å². The minimum absolute atomic E-state index is 0.0938. The first-order valence-electron chi connectivity index (χ1n) is 9.44. The van der Waals surface area contributed by atoms with E-state index in [0.29, 0.717) is 23.5 Å². The molecule has 1 N–H and O–H groups in total. The summed E-state index contributed by atoms with van der Waals surface area (Å²) in [6.07, 6.45) is 0.415. The number of esters is 1. The number of rotatable bonds is 11. The third kappa shape index (κ3) is 5.78. The lowest BCUT2D eigenvalue weighted by molar-refractivity contribution is -0.385. The van der Waals surface area contributed by atoms with Gasteiger partial charge in [0, 0.05) is 18.7 Å². The molecule has 0 aliphatic heterocycles. The van der Waals surface area contributed by atoms with Crippen LogP contribution in [0.25, 0.3) is 0 Å². The fraction of sp³-hybridized carbons (Fsp3) is 0.333. The summed E-state index contributed by atoms with van der Waals surface area (Å²) >= 11 is 0. The molecule has 172 valence electrons. The van der Waals surface area contributed by atoms with E-state index in [1.165, 1.54) is 27.4 Å². The Morgan fingerprint density at radius 3 is 2.25 bits per heavy atom. The minimum Gasteiger partial charge on any atom is -0.497 e. The zero-order chi connectivity index (χ0) is 23.7. The normalized spacial score (nSPS) is 10.1. The van der Waals surface area contributed by atoms with Crippen molar-refractivity contribution in [3.05, 3.63) is 51.6 Å². The molecule has 2 rings (SSSR count). The molecule has 0 aromatic heterocycles. The SMILES string of the molecule is COC(=O)c1cc(OCCCNC(=O)c2ccc(OC)cc2OC)c(OC)cc1[N+](=O)[O-]. The molecule has 0 unspecified atom stereocenters. The molecule has 11 heteroatoms. The number of benzene rings is 2. The van der Waals surface area contributed by atoms with E-state index in [-0.39, 0.29) is 36.1 Å². The van der Waals surface area contributed by atoms with Gasteiger partial charge in [0.2, 0.25) is 0 Å². The molecule has 0 atom stereocenters. The van der Waals surface area contributed by atoms with Crippen LogP contribution in [0.3, 0.4) is 0 Å². The Bertz CT molecular complexity index is 991. The monoisotopic (exact) mass is 448 g/mol. The number of nitrogens with one attached hydrogen (secondary N) is 1. The number of ether oxygens (including phenoxy) is 5. The maximum Gasteiger partial charge on any atom is 0.345 e. The Hall–Kier alpha value is -4.02. The number of nitro groups is 1. The predicted octanol–water partition coefficient (Wildman–Crippen LogP) is 2.61. The van der Waals surface area contributed by atoms with Gasteiger partial charge in [-0.3, -0.25) is 14.9 Å². The standard InChI is InChI=1S/C21H24N2O9/c1-28-13-6-7-14(17(10-13)29-2)20(24)22-8-5-9-32-19-11-15(21(25)31-4)16(23(26)27)12-18(19)30-3/h6-7,10-12H,5,8-9H2,1-4H3,(H,22,24). The first-order valence-corrected chi connectivity index (χ1v) is 9.44. The highest BCUT2D eigenvalue weighted by Gasteiger charge is 2.25. The van der Waals surface area contributed by atoms with Crippen LogP contribution in [0.4, 0.5) is 5.69 Å². The molecule has 2 aromatic rings. The Labute approximate surface area is 184 Å². The van der Waals surface area contributed by atoms with Crippen LogP contribution in [-0.2, 0) is 4.74 Å². The van der Waals surface area contributed by atoms with Gasteiger partial charge in [-0.05, 0) is 18.6 Å². The highest BCUT2D eigenvalue weighted by Crippen LogP contribution is 2.35. The second kappa shape index (κ2) is 11.4. The summed E-state index contributed by atoms with van der Waals surface area (Å²) in [5.74, 6) is -0.0208. The number of nitrogens with zero attached hydrogens (tertiary/aromatic N) is 1. The summed E-state index contributed by atoms with van der Waals surface area (Å²) in [5.41, 5.74) is -0.357. The summed E-state index contributed by atoms with van der Waals surface area (Å²) < 4.78 is 25.7. The van der Waals surface area contributed by atoms with Gasteiger partial charge in [-0.1, -0.05) is 0 Å². The van der Waals surface area contributed by atoms with E-state index < -0.39 is 16.6 Å². The first kappa shape index (κ1) is 24.3. The molecule has 0 radical (unpaired) electrons. The molecule has 32 heavy (non-hydrogen) atoms. The van der Waals surface area contributed by atoms with Crippen LogP contribution in [0.5, 0.6) is 23.0 Å². The van der Waals surface area contributed by atoms with E-state index in [0.717, 1.165) is 13.2 Å². The maximum atomic E-state index is 12.4. The van der Waals surface area contributed by atoms with Gasteiger partial charge in [-0.15, -0.1) is 0 Å². The van der Waals surface area contributed by atoms with Gasteiger partial charge >= 0.3 is 5.97 Å². The van der Waals surface area contributed by atoms with Crippen LogP contribution in [0.1, 0.15) is 27.1 Å². The summed E-state index contributed by atoms with van der Waals surface area (Å²) in [6.45, 7) is 0.433. The number of amides is 1. The lowest BCUT2D eigenvalue weighted by atomic mass is 10.1. The van der Waals surface area contributed by atoms with Crippen molar-refractivity contribution in [2.75, 3.05) is 41.6 Å². The van der Waals surface area contributed by atoms with Gasteiger partial charge in [0.25, 0.3) is 11.6 Å². The van der Waals surface area contributed by atoms with Crippen molar-refractivity contribution in [2.45, 2.75) is 6.42 Å². The smallest absolute Gasteiger partial charge is 0.345 e. The Morgan fingerprint density at radius 1 is 0.938 bits per heavy atom. The highest BCUT2D eigenvalue weighted by atomic mass is 16.6. The molecule has 11 nitrogen and oxygen atoms in total. The lowest BCUT2D eigenvalue weighted by Crippen LogP contribution is -2.26. The summed E-state index contributed by atoms with van der Waals surface area (Å²) in [7, 11) is 5.42. The van der Waals surface area contributed by atoms with Crippen LogP contribution in [-0.4, -0.2) is 58.4 Å². The van der Waals surface area contributed by atoms with Crippen molar-refractivity contribution in [1.82, 2.24) is 5.32 Å². The third-order valence-corrected chi connectivity index (χ3v) is 4.40. The maximum absolute atomic E-state index is 12.4. The van der Waals surface area contributed by atoms with Crippen molar-refractivity contribution in [1.29, 1.82) is 0 Å². The van der Waals surface area contributed by atoms with E-state index in [1.54, 1.807) is 18.2 Å². The summed E-state index contributed by atoms with van der Waals surface area (Å²) in [5, 5.41) is 14.0. The molecule has 0 spiro atoms. The van der Waals surface area contributed by atoms with Crippen LogP contribution in [0, 0.1) is 10.1 Å². The summed E-state index contributed by atoms with van der Waals surface area (Å²) in [4.78, 5) is 34.8. The average Bonchev–Trinajstić information content (AvgIpc) is 2.81. The number of hydrogen-bond acceptors (Lipinski definition) is 9. The van der Waals surface area contributed by atoms with E-state index in [2.05, 4.69) is 10.1 Å². The number of nitro benzene ring substituents is 1. The molecule has 0 fully saturated rings. The van der Waals surface area contributed by atoms with Gasteiger partial charge < -0.3 is 29.0 Å². The molecular weight excluding hydrogens is 424 g/mol. The second-order valence-corrected chi connectivity index (χ2v) is 6.29. The van der Waals surface area contributed by atoms with Crippen molar-refractivity contribution in [3.63, 3.8) is 0 Å². The van der Waals surface area contributed by atoms with Crippen LogP contribution < -0.4 is 24.3 Å². The highest BCUT2D eigenvalue weighted by molar-refractivity contribution is 5.97. The van der Waals surface area contributed by atoms with Gasteiger partial charge in [0.15, 0.2) is 11.5 Å². The van der Waals surface area contributed by atoms with Gasteiger partial charge in [0.05, 0.1) is 51.6 Å². The molecule has 2 aromatic carbocycles. The topological polar surface area (TPSA) is 135 Å². The zero-order valence-corrected chi connectivity index (χ0v) is 18.1. The van der Waals surface area contributed by atoms with E-state index in [4.69, 9.17) is 18.9 Å². The van der Waals surface area contributed by atoms with Crippen LogP contribution >= 0.6 is 0 Å². The van der Waals surface area contributed by atoms with Gasteiger partial charge in [0.1, 0.15) is 17.1 Å². The Morgan fingerprint density at radius 2 is 1.66 bits per heavy atom. The number of carbonyl (C=O) groups is 2. The Balaban J connectivity index is 2.00. The molecule has 0 aliphatic carbocycles. The molecule has 0 saturated carbocycles. The fourth-order valence-electron chi connectivity index (χ4n) is 2.78. The van der Waals surface area contributed by atoms with Crippen molar-refractivity contribution >= 4 is 17.6 Å².